The van der Waals surface area contributed by atoms with Gasteiger partial charge in [-0.3, -0.25) is 4.79 Å². The van der Waals surface area contributed by atoms with Gasteiger partial charge in [0.1, 0.15) is 5.75 Å². The van der Waals surface area contributed by atoms with Crippen LogP contribution in [0.2, 0.25) is 0 Å². The minimum atomic E-state index is -0.241. The summed E-state index contributed by atoms with van der Waals surface area (Å²) in [5, 5.41) is 4.00. The van der Waals surface area contributed by atoms with Crippen molar-refractivity contribution >= 4 is 39.0 Å². The zero-order chi connectivity index (χ0) is 18.6. The molecule has 1 N–H and O–H groups in total. The van der Waals surface area contributed by atoms with Crippen molar-refractivity contribution in [2.75, 3.05) is 13.2 Å². The minimum Gasteiger partial charge on any atom is -0.492 e. The number of benzene rings is 1. The standard InChI is InChI=1S/C19H25BrN2O2S/c1-5-9-22-12(3)17(13(4)23)18(21-19(22)25)14-7-8-16(15(20)11-14)24-10-6-2/h7-8,11,18H,5-6,9-10H2,1-4H3,(H,21,25). The molecule has 0 radical (unpaired) electrons. The van der Waals surface area contributed by atoms with Crippen molar-refractivity contribution in [1.82, 2.24) is 10.2 Å². The first-order valence-corrected chi connectivity index (χ1v) is 9.82. The lowest BCUT2D eigenvalue weighted by Crippen LogP contribution is -2.47. The molecule has 1 unspecified atom stereocenters. The molecule has 1 aliphatic heterocycles. The first-order chi connectivity index (χ1) is 11.9. The Labute approximate surface area is 163 Å². The summed E-state index contributed by atoms with van der Waals surface area (Å²) >= 11 is 9.11. The third-order valence-electron chi connectivity index (χ3n) is 4.17. The van der Waals surface area contributed by atoms with Gasteiger partial charge in [-0.25, -0.2) is 0 Å². The van der Waals surface area contributed by atoms with Crippen LogP contribution in [0.4, 0.5) is 0 Å². The summed E-state index contributed by atoms with van der Waals surface area (Å²) in [6.07, 6.45) is 1.92. The number of thiocarbonyl (C=S) groups is 1. The molecule has 0 bridgehead atoms. The lowest BCUT2D eigenvalue weighted by atomic mass is 9.92. The average molecular weight is 425 g/mol. The van der Waals surface area contributed by atoms with Crippen molar-refractivity contribution in [3.05, 3.63) is 39.5 Å². The van der Waals surface area contributed by atoms with Gasteiger partial charge in [-0.2, -0.15) is 0 Å². The molecule has 1 aromatic rings. The molecule has 4 nitrogen and oxygen atoms in total. The number of nitrogens with one attached hydrogen (secondary N) is 1. The number of nitrogens with zero attached hydrogens (tertiary/aromatic N) is 1. The number of rotatable bonds is 7. The molecular weight excluding hydrogens is 400 g/mol. The Balaban J connectivity index is 2.41. The molecule has 25 heavy (non-hydrogen) atoms. The summed E-state index contributed by atoms with van der Waals surface area (Å²) in [5.74, 6) is 0.864. The van der Waals surface area contributed by atoms with E-state index in [1.165, 1.54) is 0 Å². The Hall–Kier alpha value is -1.40. The molecule has 0 aliphatic carbocycles. The van der Waals surface area contributed by atoms with Gasteiger partial charge in [-0.1, -0.05) is 19.9 Å². The van der Waals surface area contributed by atoms with Gasteiger partial charge in [0.25, 0.3) is 0 Å². The fraction of sp³-hybridized carbons (Fsp3) is 0.474. The second-order valence-corrected chi connectivity index (χ2v) is 7.37. The largest absolute Gasteiger partial charge is 0.492 e. The molecule has 0 amide bonds. The van der Waals surface area contributed by atoms with Crippen molar-refractivity contribution < 1.29 is 9.53 Å². The lowest BCUT2D eigenvalue weighted by Gasteiger charge is -2.37. The Morgan fingerprint density at radius 2 is 2.08 bits per heavy atom. The Kier molecular flexibility index (Phi) is 7.02. The number of carbonyl (C=O) groups is 1. The number of Topliss-reactive ketones (excluding diaryl/α,β-unsaturated/α-hetero) is 1. The second kappa shape index (κ2) is 8.81. The molecule has 0 fully saturated rings. The molecular formula is C19H25BrN2O2S. The Morgan fingerprint density at radius 3 is 2.64 bits per heavy atom. The number of halogens is 1. The van der Waals surface area contributed by atoms with E-state index in [9.17, 15) is 4.79 Å². The highest BCUT2D eigenvalue weighted by molar-refractivity contribution is 9.10. The molecule has 2 rings (SSSR count). The Bertz CT molecular complexity index is 703. The van der Waals surface area contributed by atoms with Gasteiger partial charge >= 0.3 is 0 Å². The highest BCUT2D eigenvalue weighted by atomic mass is 79.9. The molecule has 1 aromatic carbocycles. The summed E-state index contributed by atoms with van der Waals surface area (Å²) < 4.78 is 6.59. The minimum absolute atomic E-state index is 0.0565. The number of allylic oxidation sites excluding steroid dienone is 1. The van der Waals surface area contributed by atoms with Crippen molar-refractivity contribution in [3.8, 4) is 5.75 Å². The summed E-state index contributed by atoms with van der Waals surface area (Å²) in [6.45, 7) is 9.23. The summed E-state index contributed by atoms with van der Waals surface area (Å²) in [7, 11) is 0. The zero-order valence-electron chi connectivity index (χ0n) is 15.2. The molecule has 1 atom stereocenters. The van der Waals surface area contributed by atoms with Crippen LogP contribution in [0.3, 0.4) is 0 Å². The second-order valence-electron chi connectivity index (χ2n) is 6.13. The van der Waals surface area contributed by atoms with Crippen molar-refractivity contribution in [2.24, 2.45) is 0 Å². The SMILES string of the molecule is CCCOc1ccc(C2NC(=S)N(CCC)C(C)=C2C(C)=O)cc1Br. The van der Waals surface area contributed by atoms with Crippen LogP contribution in [0.1, 0.15) is 52.1 Å². The van der Waals surface area contributed by atoms with Crippen LogP contribution >= 0.6 is 28.1 Å². The first kappa shape index (κ1) is 19.9. The Morgan fingerprint density at radius 1 is 1.36 bits per heavy atom. The van der Waals surface area contributed by atoms with Gasteiger partial charge in [-0.05, 0) is 72.5 Å². The topological polar surface area (TPSA) is 41.6 Å². The first-order valence-electron chi connectivity index (χ1n) is 8.62. The molecule has 0 saturated heterocycles. The van der Waals surface area contributed by atoms with Gasteiger partial charge < -0.3 is 15.0 Å². The van der Waals surface area contributed by atoms with E-state index >= 15 is 0 Å². The zero-order valence-corrected chi connectivity index (χ0v) is 17.6. The van der Waals surface area contributed by atoms with Crippen molar-refractivity contribution in [3.63, 3.8) is 0 Å². The highest BCUT2D eigenvalue weighted by Crippen LogP contribution is 2.35. The van der Waals surface area contributed by atoms with Gasteiger partial charge in [0.2, 0.25) is 0 Å². The van der Waals surface area contributed by atoms with E-state index in [1.54, 1.807) is 6.92 Å². The predicted molar refractivity (Wildman–Crippen MR) is 109 cm³/mol. The molecule has 0 spiro atoms. The lowest BCUT2D eigenvalue weighted by molar-refractivity contribution is -0.114. The number of hydrogen-bond donors (Lipinski definition) is 1. The van der Waals surface area contributed by atoms with E-state index in [0.29, 0.717) is 11.7 Å². The third kappa shape index (κ3) is 4.42. The average Bonchev–Trinajstić information content (AvgIpc) is 2.56. The van der Waals surface area contributed by atoms with Crippen LogP contribution in [0.15, 0.2) is 33.9 Å². The fourth-order valence-corrected chi connectivity index (χ4v) is 3.86. The van der Waals surface area contributed by atoms with Gasteiger partial charge in [0.05, 0.1) is 17.1 Å². The maximum Gasteiger partial charge on any atom is 0.173 e. The molecule has 0 saturated carbocycles. The van der Waals surface area contributed by atoms with E-state index in [0.717, 1.165) is 46.4 Å². The quantitative estimate of drug-likeness (QED) is 0.639. The van der Waals surface area contributed by atoms with Crippen LogP contribution in [0.5, 0.6) is 5.75 Å². The maximum absolute atomic E-state index is 12.3. The molecule has 1 heterocycles. The monoisotopic (exact) mass is 424 g/mol. The van der Waals surface area contributed by atoms with Crippen molar-refractivity contribution in [1.29, 1.82) is 0 Å². The predicted octanol–water partition coefficient (Wildman–Crippen LogP) is 4.74. The molecule has 0 aromatic heterocycles. The maximum atomic E-state index is 12.3. The molecule has 1 aliphatic rings. The van der Waals surface area contributed by atoms with Crippen LogP contribution < -0.4 is 10.1 Å². The fourth-order valence-electron chi connectivity index (χ4n) is 3.01. The van der Waals surface area contributed by atoms with E-state index in [1.807, 2.05) is 30.0 Å². The number of ether oxygens (including phenoxy) is 1. The normalized spacial score (nSPS) is 17.6. The van der Waals surface area contributed by atoms with Crippen LogP contribution in [0, 0.1) is 0 Å². The highest BCUT2D eigenvalue weighted by Gasteiger charge is 2.32. The number of carbonyl (C=O) groups excluding carboxylic acids is 1. The molecule has 136 valence electrons. The van der Waals surface area contributed by atoms with Crippen LogP contribution in [-0.2, 0) is 4.79 Å². The third-order valence-corrected chi connectivity index (χ3v) is 5.13. The number of hydrogen-bond acceptors (Lipinski definition) is 3. The van der Waals surface area contributed by atoms with Crippen LogP contribution in [0.25, 0.3) is 0 Å². The smallest absolute Gasteiger partial charge is 0.173 e. The number of ketones is 1. The van der Waals surface area contributed by atoms with Gasteiger partial charge in [0.15, 0.2) is 10.9 Å². The van der Waals surface area contributed by atoms with E-state index in [2.05, 4.69) is 35.1 Å². The summed E-state index contributed by atoms with van der Waals surface area (Å²) in [6, 6.07) is 5.68. The van der Waals surface area contributed by atoms with E-state index in [-0.39, 0.29) is 11.8 Å². The van der Waals surface area contributed by atoms with Gasteiger partial charge in [-0.15, -0.1) is 0 Å². The van der Waals surface area contributed by atoms with Crippen LogP contribution in [-0.4, -0.2) is 28.9 Å². The van der Waals surface area contributed by atoms with E-state index < -0.39 is 0 Å². The van der Waals surface area contributed by atoms with Crippen molar-refractivity contribution in [2.45, 2.75) is 46.6 Å². The summed E-state index contributed by atoms with van der Waals surface area (Å²) in [5.41, 5.74) is 2.68. The summed E-state index contributed by atoms with van der Waals surface area (Å²) in [4.78, 5) is 14.3. The van der Waals surface area contributed by atoms with E-state index in [4.69, 9.17) is 17.0 Å². The molecule has 6 heteroatoms. The van der Waals surface area contributed by atoms with Gasteiger partial charge in [0, 0.05) is 17.8 Å².